The summed E-state index contributed by atoms with van der Waals surface area (Å²) in [4.78, 5) is 44.8. The third kappa shape index (κ3) is 3.69. The molecule has 2 fully saturated rings. The Bertz CT molecular complexity index is 1140. The van der Waals surface area contributed by atoms with Gasteiger partial charge in [-0.3, -0.25) is 14.4 Å². The number of hydrogen-bond acceptors (Lipinski definition) is 6. The van der Waals surface area contributed by atoms with Crippen LogP contribution in [0.3, 0.4) is 0 Å². The number of aliphatic hydroxyl groups excluding tert-OH is 1. The zero-order valence-corrected chi connectivity index (χ0v) is 21.2. The first-order chi connectivity index (χ1) is 17.2. The van der Waals surface area contributed by atoms with Gasteiger partial charge < -0.3 is 24.4 Å². The molecule has 0 aliphatic carbocycles. The van der Waals surface area contributed by atoms with Gasteiger partial charge in [0, 0.05) is 12.2 Å². The van der Waals surface area contributed by atoms with Crippen LogP contribution >= 0.6 is 0 Å². The maximum atomic E-state index is 14.4. The van der Waals surface area contributed by atoms with Gasteiger partial charge in [0.25, 0.3) is 5.91 Å². The van der Waals surface area contributed by atoms with Gasteiger partial charge in [-0.15, -0.1) is 0 Å². The number of fused-ring (bicyclic) bond motifs is 2. The molecule has 36 heavy (non-hydrogen) atoms. The highest BCUT2D eigenvalue weighted by atomic mass is 16.6. The SMILES string of the molecule is Cc1ccc(C)c(N2CC=C[C@]34O[C@@H]5C=CCOC(=O)[C@@H]5[C@H]3C(=O)N([C@@H](CO)CC(C)C)C4C2=O)c1. The van der Waals surface area contributed by atoms with E-state index in [2.05, 4.69) is 0 Å². The van der Waals surface area contributed by atoms with E-state index >= 15 is 0 Å². The number of aliphatic hydroxyl groups is 1. The van der Waals surface area contributed by atoms with Gasteiger partial charge in [-0.1, -0.05) is 44.2 Å². The minimum absolute atomic E-state index is 0.123. The highest BCUT2D eigenvalue weighted by Crippen LogP contribution is 2.54. The van der Waals surface area contributed by atoms with Gasteiger partial charge in [-0.2, -0.15) is 0 Å². The fraction of sp³-hybridized carbons (Fsp3) is 0.536. The molecule has 8 heteroatoms. The van der Waals surface area contributed by atoms with E-state index in [1.165, 1.54) is 4.90 Å². The van der Waals surface area contributed by atoms with Gasteiger partial charge in [0.15, 0.2) is 0 Å². The Morgan fingerprint density at radius 1 is 1.14 bits per heavy atom. The van der Waals surface area contributed by atoms with Gasteiger partial charge in [-0.25, -0.2) is 0 Å². The number of ether oxygens (including phenoxy) is 2. The van der Waals surface area contributed by atoms with Crippen LogP contribution in [0.4, 0.5) is 5.69 Å². The van der Waals surface area contributed by atoms with Gasteiger partial charge in [-0.05, 0) is 49.5 Å². The number of nitrogens with zero attached hydrogens (tertiary/aromatic N) is 2. The lowest BCUT2D eigenvalue weighted by atomic mass is 9.78. The topological polar surface area (TPSA) is 96.4 Å². The second-order valence-corrected chi connectivity index (χ2v) is 10.8. The number of likely N-dealkylation sites (tertiary alicyclic amines) is 1. The van der Waals surface area contributed by atoms with E-state index < -0.39 is 41.6 Å². The van der Waals surface area contributed by atoms with E-state index in [9.17, 15) is 19.5 Å². The molecule has 1 aromatic rings. The van der Waals surface area contributed by atoms with Crippen molar-refractivity contribution in [2.75, 3.05) is 24.7 Å². The summed E-state index contributed by atoms with van der Waals surface area (Å²) in [5, 5.41) is 10.4. The fourth-order valence-electron chi connectivity index (χ4n) is 6.35. The molecule has 0 aromatic heterocycles. The fourth-order valence-corrected chi connectivity index (χ4v) is 6.35. The van der Waals surface area contributed by atoms with E-state index in [0.717, 1.165) is 16.8 Å². The van der Waals surface area contributed by atoms with Crippen LogP contribution in [-0.2, 0) is 23.9 Å². The van der Waals surface area contributed by atoms with Crippen molar-refractivity contribution in [2.45, 2.75) is 57.9 Å². The summed E-state index contributed by atoms with van der Waals surface area (Å²) < 4.78 is 11.9. The number of benzene rings is 1. The molecule has 4 aliphatic heterocycles. The van der Waals surface area contributed by atoms with Crippen LogP contribution in [-0.4, -0.2) is 71.3 Å². The average molecular weight is 495 g/mol. The smallest absolute Gasteiger partial charge is 0.313 e. The Hall–Kier alpha value is -2.97. The van der Waals surface area contributed by atoms with Crippen molar-refractivity contribution in [2.24, 2.45) is 17.8 Å². The van der Waals surface area contributed by atoms with Crippen molar-refractivity contribution >= 4 is 23.5 Å². The Morgan fingerprint density at radius 3 is 2.64 bits per heavy atom. The van der Waals surface area contributed by atoms with Gasteiger partial charge in [0.1, 0.15) is 24.2 Å². The molecule has 1 aromatic carbocycles. The van der Waals surface area contributed by atoms with Crippen LogP contribution in [0.1, 0.15) is 31.4 Å². The number of cyclic esters (lactones) is 1. The van der Waals surface area contributed by atoms with Crippen LogP contribution in [0.15, 0.2) is 42.5 Å². The maximum absolute atomic E-state index is 14.4. The van der Waals surface area contributed by atoms with E-state index in [1.807, 2.05) is 58.0 Å². The van der Waals surface area contributed by atoms with E-state index in [1.54, 1.807) is 17.1 Å². The van der Waals surface area contributed by atoms with Gasteiger partial charge >= 0.3 is 5.97 Å². The summed E-state index contributed by atoms with van der Waals surface area (Å²) >= 11 is 0. The number of esters is 1. The molecule has 5 rings (SSSR count). The highest BCUT2D eigenvalue weighted by Gasteiger charge is 2.72. The second kappa shape index (κ2) is 9.16. The Labute approximate surface area is 211 Å². The Balaban J connectivity index is 1.66. The van der Waals surface area contributed by atoms with Gasteiger partial charge in [0.2, 0.25) is 5.91 Å². The lowest BCUT2D eigenvalue weighted by molar-refractivity contribution is -0.153. The molecule has 192 valence electrons. The van der Waals surface area contributed by atoms with Crippen LogP contribution in [0.5, 0.6) is 0 Å². The molecular weight excluding hydrogens is 460 g/mol. The summed E-state index contributed by atoms with van der Waals surface area (Å²) in [5.41, 5.74) is 1.40. The summed E-state index contributed by atoms with van der Waals surface area (Å²) in [5.74, 6) is -2.71. The number of rotatable bonds is 5. The monoisotopic (exact) mass is 494 g/mol. The lowest BCUT2D eigenvalue weighted by Crippen LogP contribution is -2.58. The first kappa shape index (κ1) is 24.7. The maximum Gasteiger partial charge on any atom is 0.313 e. The van der Waals surface area contributed by atoms with Crippen molar-refractivity contribution in [3.63, 3.8) is 0 Å². The molecule has 2 amide bonds. The number of amides is 2. The third-order valence-electron chi connectivity index (χ3n) is 7.85. The summed E-state index contributed by atoms with van der Waals surface area (Å²) in [7, 11) is 0. The molecule has 6 atom stereocenters. The lowest BCUT2D eigenvalue weighted by Gasteiger charge is -2.39. The minimum Gasteiger partial charge on any atom is -0.461 e. The van der Waals surface area contributed by atoms with Crippen LogP contribution in [0.25, 0.3) is 0 Å². The number of carbonyl (C=O) groups excluding carboxylic acids is 3. The van der Waals surface area contributed by atoms with E-state index in [4.69, 9.17) is 9.47 Å². The second-order valence-electron chi connectivity index (χ2n) is 10.8. The van der Waals surface area contributed by atoms with Crippen molar-refractivity contribution in [1.82, 2.24) is 4.90 Å². The number of hydrogen-bond donors (Lipinski definition) is 1. The van der Waals surface area contributed by atoms with Crippen molar-refractivity contribution in [3.8, 4) is 0 Å². The van der Waals surface area contributed by atoms with Crippen molar-refractivity contribution in [1.29, 1.82) is 0 Å². The summed E-state index contributed by atoms with van der Waals surface area (Å²) in [6, 6.07) is 4.34. The molecule has 1 unspecified atom stereocenters. The Morgan fingerprint density at radius 2 is 1.92 bits per heavy atom. The van der Waals surface area contributed by atoms with E-state index in [-0.39, 0.29) is 30.9 Å². The molecule has 0 bridgehead atoms. The first-order valence-corrected chi connectivity index (χ1v) is 12.7. The number of aryl methyl sites for hydroxylation is 2. The first-order valence-electron chi connectivity index (χ1n) is 12.7. The molecule has 0 saturated carbocycles. The molecule has 4 aliphatic rings. The zero-order chi connectivity index (χ0) is 25.8. The molecule has 1 N–H and O–H groups in total. The minimum atomic E-state index is -1.33. The van der Waals surface area contributed by atoms with Crippen LogP contribution < -0.4 is 4.90 Å². The highest BCUT2D eigenvalue weighted by molar-refractivity contribution is 6.06. The quantitative estimate of drug-likeness (QED) is 0.499. The molecule has 2 saturated heterocycles. The average Bonchev–Trinajstić information content (AvgIpc) is 3.14. The number of carbonyl (C=O) groups is 3. The van der Waals surface area contributed by atoms with Crippen LogP contribution in [0, 0.1) is 31.6 Å². The summed E-state index contributed by atoms with van der Waals surface area (Å²) in [6.45, 7) is 8.09. The molecule has 0 radical (unpaired) electrons. The normalized spacial score (nSPS) is 32.2. The van der Waals surface area contributed by atoms with Gasteiger partial charge in [0.05, 0.1) is 24.7 Å². The molecule has 1 spiro atoms. The van der Waals surface area contributed by atoms with E-state index in [0.29, 0.717) is 13.0 Å². The predicted molar refractivity (Wildman–Crippen MR) is 133 cm³/mol. The standard InChI is InChI=1S/C28H34N2O6/c1-16(2)13-19(15-31)30-24-26(33)29(20-14-17(3)8-9-18(20)4)11-6-10-28(24)23(25(30)32)22-21(36-28)7-5-12-35-27(22)34/h5-10,14,16,19,21-24,31H,11-13,15H2,1-4H3/t19-,21-,22+,23+,24?,28+/m1/s1. The largest absolute Gasteiger partial charge is 0.461 e. The summed E-state index contributed by atoms with van der Waals surface area (Å²) in [6.07, 6.45) is 7.00. The number of anilines is 1. The molecule has 8 nitrogen and oxygen atoms in total. The van der Waals surface area contributed by atoms with Crippen molar-refractivity contribution in [3.05, 3.63) is 53.6 Å². The zero-order valence-electron chi connectivity index (χ0n) is 21.2. The Kier molecular flexibility index (Phi) is 6.29. The predicted octanol–water partition coefficient (Wildman–Crippen LogP) is 2.31. The third-order valence-corrected chi connectivity index (χ3v) is 7.85. The van der Waals surface area contributed by atoms with Crippen LogP contribution in [0.2, 0.25) is 0 Å². The molecule has 4 heterocycles. The van der Waals surface area contributed by atoms with Crippen molar-refractivity contribution < 1.29 is 29.0 Å². The molecular formula is C28H34N2O6.